The fraction of sp³-hybridized carbons (Fsp3) is 0.421. The number of nitrogens with one attached hydrogen (secondary N) is 1. The topological polar surface area (TPSA) is 92.3 Å². The summed E-state index contributed by atoms with van der Waals surface area (Å²) in [6.45, 7) is 1.95. The van der Waals surface area contributed by atoms with Gasteiger partial charge in [0.25, 0.3) is 5.91 Å². The molecule has 150 valence electrons. The minimum atomic E-state index is -3.23. The van der Waals surface area contributed by atoms with Crippen molar-refractivity contribution in [3.05, 3.63) is 52.8 Å². The Morgan fingerprint density at radius 2 is 1.89 bits per heavy atom. The molecule has 0 unspecified atom stereocenters. The predicted octanol–water partition coefficient (Wildman–Crippen LogP) is 2.47. The van der Waals surface area contributed by atoms with Crippen LogP contribution in [0, 0.1) is 0 Å². The first-order valence-corrected chi connectivity index (χ1v) is 11.4. The lowest BCUT2D eigenvalue weighted by Crippen LogP contribution is -2.28. The SMILES string of the molecule is O=C(NCCCS(=O)(=O)Cc1ccccc1)c1nc(N2CCCC2)ncc1Cl. The largest absolute Gasteiger partial charge is 0.351 e. The van der Waals surface area contributed by atoms with Crippen LogP contribution >= 0.6 is 11.6 Å². The van der Waals surface area contributed by atoms with Gasteiger partial charge in [-0.3, -0.25) is 4.79 Å². The van der Waals surface area contributed by atoms with Crippen molar-refractivity contribution < 1.29 is 13.2 Å². The van der Waals surface area contributed by atoms with Gasteiger partial charge in [0.2, 0.25) is 5.95 Å². The average Bonchev–Trinajstić information content (AvgIpc) is 3.21. The van der Waals surface area contributed by atoms with Gasteiger partial charge in [-0.05, 0) is 24.8 Å². The van der Waals surface area contributed by atoms with Crippen LogP contribution in [0.25, 0.3) is 0 Å². The van der Waals surface area contributed by atoms with E-state index in [1.54, 1.807) is 12.1 Å². The lowest BCUT2D eigenvalue weighted by molar-refractivity contribution is 0.0948. The number of aromatic nitrogens is 2. The van der Waals surface area contributed by atoms with Crippen LogP contribution in [-0.4, -0.2) is 49.7 Å². The number of rotatable bonds is 8. The zero-order valence-corrected chi connectivity index (χ0v) is 17.0. The number of nitrogens with zero attached hydrogens (tertiary/aromatic N) is 3. The van der Waals surface area contributed by atoms with E-state index in [2.05, 4.69) is 15.3 Å². The molecule has 0 radical (unpaired) electrons. The van der Waals surface area contributed by atoms with Gasteiger partial charge < -0.3 is 10.2 Å². The molecule has 0 atom stereocenters. The van der Waals surface area contributed by atoms with Gasteiger partial charge >= 0.3 is 0 Å². The van der Waals surface area contributed by atoms with Crippen molar-refractivity contribution in [2.24, 2.45) is 0 Å². The average molecular weight is 423 g/mol. The molecule has 2 aromatic rings. The molecule has 2 heterocycles. The molecule has 1 amide bonds. The van der Waals surface area contributed by atoms with Gasteiger partial charge in [-0.15, -0.1) is 0 Å². The summed E-state index contributed by atoms with van der Waals surface area (Å²) >= 11 is 6.07. The van der Waals surface area contributed by atoms with E-state index in [4.69, 9.17) is 11.6 Å². The molecule has 0 spiro atoms. The van der Waals surface area contributed by atoms with Crippen LogP contribution < -0.4 is 10.2 Å². The Balaban J connectivity index is 1.51. The number of carbonyl (C=O) groups is 1. The van der Waals surface area contributed by atoms with Crippen molar-refractivity contribution >= 4 is 33.3 Å². The smallest absolute Gasteiger partial charge is 0.271 e. The van der Waals surface area contributed by atoms with Crippen LogP contribution in [-0.2, 0) is 15.6 Å². The van der Waals surface area contributed by atoms with Crippen LogP contribution in [0.4, 0.5) is 5.95 Å². The Labute approximate surface area is 170 Å². The van der Waals surface area contributed by atoms with Crippen LogP contribution in [0.2, 0.25) is 5.02 Å². The third-order valence-electron chi connectivity index (χ3n) is 4.48. The standard InChI is InChI=1S/C19H23ClN4O3S/c20-16-13-22-19(24-10-4-5-11-24)23-17(16)18(25)21-9-6-12-28(26,27)14-15-7-2-1-3-8-15/h1-3,7-8,13H,4-6,9-12,14H2,(H,21,25). The minimum absolute atomic E-state index is 0.00127. The molecule has 1 aromatic carbocycles. The van der Waals surface area contributed by atoms with Gasteiger partial charge in [0.15, 0.2) is 15.5 Å². The molecule has 3 rings (SSSR count). The van der Waals surface area contributed by atoms with E-state index >= 15 is 0 Å². The van der Waals surface area contributed by atoms with E-state index in [1.807, 2.05) is 23.1 Å². The summed E-state index contributed by atoms with van der Waals surface area (Å²) < 4.78 is 24.4. The van der Waals surface area contributed by atoms with E-state index in [0.717, 1.165) is 31.5 Å². The lowest BCUT2D eigenvalue weighted by atomic mass is 10.2. The highest BCUT2D eigenvalue weighted by atomic mass is 35.5. The Kier molecular flexibility index (Phi) is 6.85. The highest BCUT2D eigenvalue weighted by molar-refractivity contribution is 7.90. The zero-order valence-electron chi connectivity index (χ0n) is 15.5. The monoisotopic (exact) mass is 422 g/mol. The summed E-state index contributed by atoms with van der Waals surface area (Å²) in [5.74, 6) is 0.0723. The number of benzene rings is 1. The number of halogens is 1. The molecule has 1 saturated heterocycles. The van der Waals surface area contributed by atoms with E-state index in [0.29, 0.717) is 12.4 Å². The molecule has 1 aliphatic rings. The van der Waals surface area contributed by atoms with Gasteiger partial charge in [-0.25, -0.2) is 18.4 Å². The second-order valence-electron chi connectivity index (χ2n) is 6.75. The highest BCUT2D eigenvalue weighted by Gasteiger charge is 2.19. The van der Waals surface area contributed by atoms with Crippen LogP contribution in [0.15, 0.2) is 36.5 Å². The van der Waals surface area contributed by atoms with Crippen molar-refractivity contribution in [3.8, 4) is 0 Å². The first-order valence-electron chi connectivity index (χ1n) is 9.25. The quantitative estimate of drug-likeness (QED) is 0.657. The molecule has 0 bridgehead atoms. The zero-order chi connectivity index (χ0) is 20.0. The highest BCUT2D eigenvalue weighted by Crippen LogP contribution is 2.19. The molecule has 9 heteroatoms. The third-order valence-corrected chi connectivity index (χ3v) is 6.44. The number of anilines is 1. The Morgan fingerprint density at radius 3 is 2.61 bits per heavy atom. The Morgan fingerprint density at radius 1 is 1.18 bits per heavy atom. The maximum Gasteiger partial charge on any atom is 0.271 e. The fourth-order valence-corrected chi connectivity index (χ4v) is 4.67. The number of hydrogen-bond donors (Lipinski definition) is 1. The number of amides is 1. The summed E-state index contributed by atoms with van der Waals surface area (Å²) in [5, 5.41) is 2.88. The number of hydrogen-bond acceptors (Lipinski definition) is 6. The molecule has 7 nitrogen and oxygen atoms in total. The first-order chi connectivity index (χ1) is 13.4. The van der Waals surface area contributed by atoms with Crippen LogP contribution in [0.3, 0.4) is 0 Å². The second-order valence-corrected chi connectivity index (χ2v) is 9.34. The van der Waals surface area contributed by atoms with E-state index < -0.39 is 15.7 Å². The maximum atomic E-state index is 12.4. The fourth-order valence-electron chi connectivity index (χ4n) is 3.06. The van der Waals surface area contributed by atoms with Gasteiger partial charge in [0, 0.05) is 19.6 Å². The number of sulfone groups is 1. The molecular weight excluding hydrogens is 400 g/mol. The van der Waals surface area contributed by atoms with Gasteiger partial charge in [-0.2, -0.15) is 0 Å². The summed E-state index contributed by atoms with van der Waals surface area (Å²) in [6, 6.07) is 9.04. The molecule has 0 aliphatic carbocycles. The van der Waals surface area contributed by atoms with Crippen molar-refractivity contribution in [2.45, 2.75) is 25.0 Å². The van der Waals surface area contributed by atoms with Crippen LogP contribution in [0.5, 0.6) is 0 Å². The summed E-state index contributed by atoms with van der Waals surface area (Å²) in [4.78, 5) is 22.9. The Hall–Kier alpha value is -2.19. The molecule has 0 saturated carbocycles. The number of carbonyl (C=O) groups excluding carboxylic acids is 1. The maximum absolute atomic E-state index is 12.4. The minimum Gasteiger partial charge on any atom is -0.351 e. The summed E-state index contributed by atoms with van der Waals surface area (Å²) in [5.41, 5.74) is 0.874. The molecule has 1 aliphatic heterocycles. The van der Waals surface area contributed by atoms with Crippen molar-refractivity contribution in [2.75, 3.05) is 30.3 Å². The van der Waals surface area contributed by atoms with Gasteiger partial charge in [-0.1, -0.05) is 41.9 Å². The van der Waals surface area contributed by atoms with E-state index in [9.17, 15) is 13.2 Å². The van der Waals surface area contributed by atoms with E-state index in [-0.39, 0.29) is 28.8 Å². The van der Waals surface area contributed by atoms with E-state index in [1.165, 1.54) is 6.20 Å². The lowest BCUT2D eigenvalue weighted by Gasteiger charge is -2.16. The second kappa shape index (κ2) is 9.34. The molecule has 1 N–H and O–H groups in total. The third kappa shape index (κ3) is 5.65. The first kappa shape index (κ1) is 20.5. The molecular formula is C19H23ClN4O3S. The van der Waals surface area contributed by atoms with Gasteiger partial charge in [0.05, 0.1) is 22.7 Å². The summed E-state index contributed by atoms with van der Waals surface area (Å²) in [7, 11) is -3.23. The van der Waals surface area contributed by atoms with Gasteiger partial charge in [0.1, 0.15) is 0 Å². The molecule has 28 heavy (non-hydrogen) atoms. The summed E-state index contributed by atoms with van der Waals surface area (Å²) in [6.07, 6.45) is 3.90. The van der Waals surface area contributed by atoms with Crippen molar-refractivity contribution in [1.29, 1.82) is 0 Å². The van der Waals surface area contributed by atoms with Crippen LogP contribution in [0.1, 0.15) is 35.3 Å². The normalized spacial score (nSPS) is 14.2. The Bertz CT molecular complexity index is 916. The van der Waals surface area contributed by atoms with Crippen molar-refractivity contribution in [1.82, 2.24) is 15.3 Å². The van der Waals surface area contributed by atoms with Crippen molar-refractivity contribution in [3.63, 3.8) is 0 Å². The molecule has 1 aromatic heterocycles. The molecule has 1 fully saturated rings. The predicted molar refractivity (Wildman–Crippen MR) is 109 cm³/mol.